The first-order valence-corrected chi connectivity index (χ1v) is 31.5. The van der Waals surface area contributed by atoms with E-state index in [1.807, 2.05) is 0 Å². The highest BCUT2D eigenvalue weighted by atomic mass is 15.2. The van der Waals surface area contributed by atoms with Crippen molar-refractivity contribution in [3.8, 4) is 11.1 Å². The Morgan fingerprint density at radius 1 is 0.361 bits per heavy atom. The van der Waals surface area contributed by atoms with Gasteiger partial charge in [0.1, 0.15) is 0 Å². The largest absolute Gasteiger partial charge is 0.311 e. The van der Waals surface area contributed by atoms with Crippen molar-refractivity contribution < 1.29 is 0 Å². The van der Waals surface area contributed by atoms with E-state index in [0.29, 0.717) is 0 Å². The molecule has 6 aliphatic rings. The summed E-state index contributed by atoms with van der Waals surface area (Å²) in [7, 11) is 0. The maximum Gasteiger partial charge on any atom is 0.252 e. The van der Waals surface area contributed by atoms with Crippen LogP contribution in [0.15, 0.2) is 152 Å². The predicted octanol–water partition coefficient (Wildman–Crippen LogP) is 19.9. The Bertz CT molecular complexity index is 3970. The fourth-order valence-corrected chi connectivity index (χ4v) is 16.9. The number of para-hydroxylation sites is 2. The second-order valence-electron chi connectivity index (χ2n) is 31.8. The quantitative estimate of drug-likeness (QED) is 0.159. The number of rotatable bonds is 5. The first-order valence-electron chi connectivity index (χ1n) is 31.5. The molecule has 0 saturated carbocycles. The van der Waals surface area contributed by atoms with Crippen LogP contribution in [0, 0.1) is 0 Å². The average molecular weight is 1090 g/mol. The molecule has 0 bridgehead atoms. The zero-order valence-electron chi connectivity index (χ0n) is 53.1. The maximum atomic E-state index is 2.81. The number of fused-ring (bicyclic) bond motifs is 10. The lowest BCUT2D eigenvalue weighted by Gasteiger charge is -2.50. The first kappa shape index (κ1) is 54.2. The van der Waals surface area contributed by atoms with Gasteiger partial charge in [0.15, 0.2) is 0 Å². The minimum absolute atomic E-state index is 0.00139. The highest BCUT2D eigenvalue weighted by Crippen LogP contribution is 2.59. The van der Waals surface area contributed by atoms with Gasteiger partial charge in [-0.05, 0) is 221 Å². The lowest BCUT2D eigenvalue weighted by Crippen LogP contribution is -2.62. The number of hydrogen-bond donors (Lipinski definition) is 0. The third-order valence-electron chi connectivity index (χ3n) is 22.1. The van der Waals surface area contributed by atoms with E-state index >= 15 is 0 Å². The van der Waals surface area contributed by atoms with E-state index in [1.165, 1.54) is 118 Å². The van der Waals surface area contributed by atoms with Crippen LogP contribution >= 0.6 is 0 Å². The van der Waals surface area contributed by atoms with Crippen LogP contribution in [0.2, 0.25) is 0 Å². The van der Waals surface area contributed by atoms with Gasteiger partial charge in [0, 0.05) is 45.2 Å². The predicted molar refractivity (Wildman–Crippen MR) is 357 cm³/mol. The normalized spacial score (nSPS) is 19.9. The standard InChI is InChI=1S/C79H88BN3/c1-72(2,3)70-64(35-33-54-53-30-24-25-31-55(53)79(16,17)69(54)70)83-66-48-61-59(76(10,11)39-41-78(61,14)15)46-63(66)80-62-45-58-60(77(12,13)40-38-75(58,8)9)47-65(62)82(51-32-34-56-57(42-51)74(6,7)37-36-73(56,4)5)67-43-52(44-68(83)71(67)80)81(49-26-20-18-21-27-49)50-28-22-19-23-29-50/h18-35,42-48H,36-41H2,1-17H3. The van der Waals surface area contributed by atoms with Gasteiger partial charge < -0.3 is 14.7 Å². The van der Waals surface area contributed by atoms with Crippen LogP contribution in [-0.2, 0) is 43.3 Å². The Morgan fingerprint density at radius 3 is 1.30 bits per heavy atom. The highest BCUT2D eigenvalue weighted by molar-refractivity contribution is 7.00. The minimum Gasteiger partial charge on any atom is -0.311 e. The molecule has 422 valence electrons. The average Bonchev–Trinajstić information content (AvgIpc) is 1.36. The van der Waals surface area contributed by atoms with Crippen LogP contribution in [-0.4, -0.2) is 6.71 Å². The molecule has 0 N–H and O–H groups in total. The Labute approximate surface area is 498 Å². The van der Waals surface area contributed by atoms with Gasteiger partial charge in [0.25, 0.3) is 6.71 Å². The highest BCUT2D eigenvalue weighted by Gasteiger charge is 2.51. The lowest BCUT2D eigenvalue weighted by atomic mass is 9.32. The molecule has 4 aliphatic carbocycles. The van der Waals surface area contributed by atoms with Crippen molar-refractivity contribution in [3.63, 3.8) is 0 Å². The molecule has 0 aromatic heterocycles. The molecule has 8 aromatic rings. The second-order valence-corrected chi connectivity index (χ2v) is 31.8. The van der Waals surface area contributed by atoms with Crippen LogP contribution < -0.4 is 31.1 Å². The van der Waals surface area contributed by atoms with Gasteiger partial charge in [-0.25, -0.2) is 0 Å². The molecule has 0 spiro atoms. The summed E-state index contributed by atoms with van der Waals surface area (Å²) in [4.78, 5) is 8.10. The number of benzene rings is 8. The van der Waals surface area contributed by atoms with Crippen LogP contribution in [0.5, 0.6) is 0 Å². The van der Waals surface area contributed by atoms with E-state index in [2.05, 4.69) is 284 Å². The van der Waals surface area contributed by atoms with Gasteiger partial charge in [-0.1, -0.05) is 203 Å². The van der Waals surface area contributed by atoms with Gasteiger partial charge in [0.05, 0.1) is 11.4 Å². The second kappa shape index (κ2) is 17.7. The van der Waals surface area contributed by atoms with Gasteiger partial charge >= 0.3 is 0 Å². The van der Waals surface area contributed by atoms with Crippen molar-refractivity contribution in [3.05, 3.63) is 202 Å². The summed E-state index contributed by atoms with van der Waals surface area (Å²) in [6.45, 7) is 42.4. The van der Waals surface area contributed by atoms with Crippen LogP contribution in [0.4, 0.5) is 51.2 Å². The number of hydrogen-bond acceptors (Lipinski definition) is 3. The Balaban J connectivity index is 1.18. The zero-order valence-corrected chi connectivity index (χ0v) is 53.1. The molecule has 0 radical (unpaired) electrons. The van der Waals surface area contributed by atoms with Crippen molar-refractivity contribution >= 4 is 74.3 Å². The molecule has 8 aromatic carbocycles. The van der Waals surface area contributed by atoms with Gasteiger partial charge in [-0.15, -0.1) is 0 Å². The summed E-state index contributed by atoms with van der Waals surface area (Å²) in [5.41, 5.74) is 30.9. The molecule has 14 rings (SSSR count). The molecular formula is C79H88BN3. The molecule has 0 amide bonds. The summed E-state index contributed by atoms with van der Waals surface area (Å²) < 4.78 is 0. The van der Waals surface area contributed by atoms with Crippen LogP contribution in [0.3, 0.4) is 0 Å². The Kier molecular flexibility index (Phi) is 11.5. The lowest BCUT2D eigenvalue weighted by molar-refractivity contribution is 0.332. The first-order chi connectivity index (χ1) is 39.0. The Hall–Kier alpha value is -6.78. The zero-order chi connectivity index (χ0) is 58.5. The molecular weight excluding hydrogens is 1000 g/mol. The van der Waals surface area contributed by atoms with E-state index in [-0.39, 0.29) is 50.0 Å². The van der Waals surface area contributed by atoms with Crippen molar-refractivity contribution in [1.82, 2.24) is 0 Å². The molecule has 3 nitrogen and oxygen atoms in total. The summed E-state index contributed by atoms with van der Waals surface area (Å²) >= 11 is 0. The third kappa shape index (κ3) is 7.95. The van der Waals surface area contributed by atoms with Gasteiger partial charge in [0.2, 0.25) is 0 Å². The van der Waals surface area contributed by atoms with Crippen LogP contribution in [0.25, 0.3) is 11.1 Å². The van der Waals surface area contributed by atoms with Crippen LogP contribution in [0.1, 0.15) is 206 Å². The van der Waals surface area contributed by atoms with E-state index in [9.17, 15) is 0 Å². The van der Waals surface area contributed by atoms with E-state index < -0.39 is 0 Å². The molecule has 0 unspecified atom stereocenters. The SMILES string of the molecule is CC(C)(C)c1c(N2c3cc4c(cc3B3c5cc6c(cc5N(c5ccc7c(c5)C(C)(C)CCC7(C)C)c5cc(N(c7ccccc7)c7ccccc7)cc2c53)C(C)(C)CCC6(C)C)C(C)(C)CCC4(C)C)ccc2c1C(C)(C)c1ccccc1-2. The van der Waals surface area contributed by atoms with Gasteiger partial charge in [-0.3, -0.25) is 0 Å². The molecule has 2 aliphatic heterocycles. The fourth-order valence-electron chi connectivity index (χ4n) is 16.9. The molecule has 83 heavy (non-hydrogen) atoms. The van der Waals surface area contributed by atoms with Crippen molar-refractivity contribution in [2.24, 2.45) is 0 Å². The topological polar surface area (TPSA) is 9.72 Å². The fraction of sp³-hybridized carbons (Fsp3) is 0.392. The van der Waals surface area contributed by atoms with Crippen molar-refractivity contribution in [2.75, 3.05) is 14.7 Å². The number of nitrogens with zero attached hydrogens (tertiary/aromatic N) is 3. The molecule has 2 heterocycles. The molecule has 0 fully saturated rings. The van der Waals surface area contributed by atoms with E-state index in [0.717, 1.165) is 49.2 Å². The van der Waals surface area contributed by atoms with Crippen molar-refractivity contribution in [2.45, 2.75) is 200 Å². The maximum absolute atomic E-state index is 2.81. The van der Waals surface area contributed by atoms with Crippen molar-refractivity contribution in [1.29, 1.82) is 0 Å². The molecule has 0 atom stereocenters. The summed E-state index contributed by atoms with van der Waals surface area (Å²) in [6.07, 6.45) is 6.94. The van der Waals surface area contributed by atoms with E-state index in [1.54, 1.807) is 0 Å². The monoisotopic (exact) mass is 1090 g/mol. The summed E-state index contributed by atoms with van der Waals surface area (Å²) in [5, 5.41) is 0. The summed E-state index contributed by atoms with van der Waals surface area (Å²) in [5.74, 6) is 0. The smallest absolute Gasteiger partial charge is 0.252 e. The van der Waals surface area contributed by atoms with Gasteiger partial charge in [-0.2, -0.15) is 0 Å². The third-order valence-corrected chi connectivity index (χ3v) is 22.1. The number of anilines is 9. The summed E-state index contributed by atoms with van der Waals surface area (Å²) in [6, 6.07) is 60.3. The van der Waals surface area contributed by atoms with E-state index in [4.69, 9.17) is 0 Å². The Morgan fingerprint density at radius 2 is 0.795 bits per heavy atom. The molecule has 4 heteroatoms. The molecule has 0 saturated heterocycles. The minimum atomic E-state index is -0.232.